The average Bonchev–Trinajstić information content (AvgIpc) is 2.59. The van der Waals surface area contributed by atoms with Gasteiger partial charge in [0.25, 0.3) is 0 Å². The largest absolute Gasteiger partial charge is 0.368 e. The fourth-order valence-electron chi connectivity index (χ4n) is 3.44. The van der Waals surface area contributed by atoms with Crippen LogP contribution in [0.25, 0.3) is 0 Å². The van der Waals surface area contributed by atoms with Crippen LogP contribution in [0.15, 0.2) is 36.4 Å². The van der Waals surface area contributed by atoms with Crippen molar-refractivity contribution in [1.29, 1.82) is 0 Å². The highest BCUT2D eigenvalue weighted by molar-refractivity contribution is 6.30. The van der Waals surface area contributed by atoms with Crippen LogP contribution in [-0.4, -0.2) is 37.0 Å². The van der Waals surface area contributed by atoms with Gasteiger partial charge in [-0.2, -0.15) is 0 Å². The molecule has 0 radical (unpaired) electrons. The van der Waals surface area contributed by atoms with Crippen molar-refractivity contribution in [3.8, 4) is 0 Å². The van der Waals surface area contributed by atoms with Crippen LogP contribution in [0.4, 0.5) is 5.69 Å². The van der Waals surface area contributed by atoms with Gasteiger partial charge in [0.1, 0.15) is 0 Å². The van der Waals surface area contributed by atoms with E-state index in [9.17, 15) is 4.79 Å². The lowest BCUT2D eigenvalue weighted by Crippen LogP contribution is -2.49. The molecule has 0 atom stereocenters. The molecule has 1 saturated heterocycles. The van der Waals surface area contributed by atoms with E-state index in [1.807, 2.05) is 17.0 Å². The van der Waals surface area contributed by atoms with Gasteiger partial charge in [-0.25, -0.2) is 0 Å². The van der Waals surface area contributed by atoms with Gasteiger partial charge >= 0.3 is 0 Å². The highest BCUT2D eigenvalue weighted by atomic mass is 35.5. The van der Waals surface area contributed by atoms with E-state index in [1.165, 1.54) is 22.4 Å². The number of hydrogen-bond acceptors (Lipinski definition) is 2. The summed E-state index contributed by atoms with van der Waals surface area (Å²) in [5.74, 6) is 0.217. The van der Waals surface area contributed by atoms with Crippen LogP contribution in [0.5, 0.6) is 0 Å². The molecular formula is C21H25ClN2O. The Balaban J connectivity index is 1.62. The lowest BCUT2D eigenvalue weighted by atomic mass is 10.0. The molecule has 0 aliphatic carbocycles. The molecule has 0 bridgehead atoms. The zero-order valence-corrected chi connectivity index (χ0v) is 15.9. The number of aryl methyl sites for hydroxylation is 3. The number of nitrogens with zero attached hydrogens (tertiary/aromatic N) is 2. The van der Waals surface area contributed by atoms with Crippen molar-refractivity contribution in [2.75, 3.05) is 31.1 Å². The molecule has 3 nitrogen and oxygen atoms in total. The van der Waals surface area contributed by atoms with E-state index in [-0.39, 0.29) is 5.91 Å². The fourth-order valence-corrected chi connectivity index (χ4v) is 3.61. The molecule has 0 N–H and O–H groups in total. The molecule has 0 spiro atoms. The number of hydrogen-bond donors (Lipinski definition) is 0. The predicted octanol–water partition coefficient (Wildman–Crippen LogP) is 4.16. The maximum absolute atomic E-state index is 12.7. The second-order valence-corrected chi connectivity index (χ2v) is 7.34. The maximum Gasteiger partial charge on any atom is 0.227 e. The zero-order chi connectivity index (χ0) is 18.0. The smallest absolute Gasteiger partial charge is 0.227 e. The van der Waals surface area contributed by atoms with Crippen molar-refractivity contribution in [2.45, 2.75) is 27.2 Å². The maximum atomic E-state index is 12.7. The van der Waals surface area contributed by atoms with E-state index in [0.717, 1.165) is 36.8 Å². The second-order valence-electron chi connectivity index (χ2n) is 6.91. The first-order valence-electron chi connectivity index (χ1n) is 8.79. The Bertz CT molecular complexity index is 779. The van der Waals surface area contributed by atoms with Crippen LogP contribution in [0, 0.1) is 20.8 Å². The van der Waals surface area contributed by atoms with Crippen molar-refractivity contribution in [2.24, 2.45) is 0 Å². The van der Waals surface area contributed by atoms with Crippen LogP contribution in [-0.2, 0) is 11.2 Å². The molecule has 3 rings (SSSR count). The third kappa shape index (κ3) is 4.16. The third-order valence-electron chi connectivity index (χ3n) is 4.98. The Morgan fingerprint density at radius 3 is 2.36 bits per heavy atom. The van der Waals surface area contributed by atoms with Crippen LogP contribution in [0.1, 0.15) is 22.3 Å². The molecule has 1 fully saturated rings. The van der Waals surface area contributed by atoms with E-state index in [4.69, 9.17) is 11.6 Å². The predicted molar refractivity (Wildman–Crippen MR) is 105 cm³/mol. The van der Waals surface area contributed by atoms with Gasteiger partial charge in [-0.1, -0.05) is 41.4 Å². The van der Waals surface area contributed by atoms with Gasteiger partial charge in [0.05, 0.1) is 6.42 Å². The minimum Gasteiger partial charge on any atom is -0.368 e. The summed E-state index contributed by atoms with van der Waals surface area (Å²) >= 11 is 6.14. The summed E-state index contributed by atoms with van der Waals surface area (Å²) in [5.41, 5.74) is 5.96. The van der Waals surface area contributed by atoms with Crippen LogP contribution >= 0.6 is 11.6 Å². The first-order chi connectivity index (χ1) is 11.9. The molecule has 1 heterocycles. The van der Waals surface area contributed by atoms with Gasteiger partial charge in [0, 0.05) is 36.9 Å². The molecule has 132 valence electrons. The highest BCUT2D eigenvalue weighted by Gasteiger charge is 2.22. The minimum atomic E-state index is 0.217. The standard InChI is InChI=1S/C21H25ClN2O/c1-15-4-6-18(17(3)12-15)13-21(25)24-10-8-23(9-11-24)20-14-19(22)7-5-16(20)2/h4-7,12,14H,8-11,13H2,1-3H3. The topological polar surface area (TPSA) is 23.6 Å². The molecule has 25 heavy (non-hydrogen) atoms. The molecule has 1 aliphatic rings. The summed E-state index contributed by atoms with van der Waals surface area (Å²) in [4.78, 5) is 17.0. The molecule has 1 amide bonds. The first-order valence-corrected chi connectivity index (χ1v) is 9.17. The molecule has 2 aromatic carbocycles. The normalized spacial score (nSPS) is 14.7. The number of piperazine rings is 1. The molecule has 0 aromatic heterocycles. The summed E-state index contributed by atoms with van der Waals surface area (Å²) in [7, 11) is 0. The van der Waals surface area contributed by atoms with Crippen molar-refractivity contribution in [1.82, 2.24) is 4.90 Å². The number of carbonyl (C=O) groups excluding carboxylic acids is 1. The first kappa shape index (κ1) is 17.8. The molecular weight excluding hydrogens is 332 g/mol. The lowest BCUT2D eigenvalue weighted by Gasteiger charge is -2.37. The number of amides is 1. The van der Waals surface area contributed by atoms with Crippen molar-refractivity contribution in [3.63, 3.8) is 0 Å². The number of halogens is 1. The van der Waals surface area contributed by atoms with Gasteiger partial charge in [0.15, 0.2) is 0 Å². The van der Waals surface area contributed by atoms with Gasteiger partial charge in [-0.05, 0) is 49.6 Å². The third-order valence-corrected chi connectivity index (χ3v) is 5.22. The number of anilines is 1. The summed E-state index contributed by atoms with van der Waals surface area (Å²) in [6, 6.07) is 12.3. The molecule has 2 aromatic rings. The van der Waals surface area contributed by atoms with Crippen molar-refractivity contribution >= 4 is 23.2 Å². The number of rotatable bonds is 3. The molecule has 4 heteroatoms. The molecule has 0 saturated carbocycles. The lowest BCUT2D eigenvalue weighted by molar-refractivity contribution is -0.130. The highest BCUT2D eigenvalue weighted by Crippen LogP contribution is 2.25. The summed E-state index contributed by atoms with van der Waals surface area (Å²) in [5, 5.41) is 0.758. The van der Waals surface area contributed by atoms with Gasteiger partial charge in [-0.3, -0.25) is 4.79 Å². The van der Waals surface area contributed by atoms with Gasteiger partial charge < -0.3 is 9.80 Å². The Morgan fingerprint density at radius 1 is 0.960 bits per heavy atom. The average molecular weight is 357 g/mol. The zero-order valence-electron chi connectivity index (χ0n) is 15.2. The van der Waals surface area contributed by atoms with E-state index >= 15 is 0 Å². The Hall–Kier alpha value is -2.00. The number of carbonyl (C=O) groups is 1. The summed E-state index contributed by atoms with van der Waals surface area (Å²) in [6.07, 6.45) is 0.488. The summed E-state index contributed by atoms with van der Waals surface area (Å²) < 4.78 is 0. The molecule has 1 aliphatic heterocycles. The Labute approximate surface area is 155 Å². The fraction of sp³-hybridized carbons (Fsp3) is 0.381. The summed E-state index contributed by atoms with van der Waals surface area (Å²) in [6.45, 7) is 9.47. The van der Waals surface area contributed by atoms with E-state index in [2.05, 4.69) is 49.9 Å². The Morgan fingerprint density at radius 2 is 1.68 bits per heavy atom. The van der Waals surface area contributed by atoms with E-state index < -0.39 is 0 Å². The van der Waals surface area contributed by atoms with E-state index in [0.29, 0.717) is 6.42 Å². The minimum absolute atomic E-state index is 0.217. The van der Waals surface area contributed by atoms with Crippen LogP contribution in [0.2, 0.25) is 5.02 Å². The van der Waals surface area contributed by atoms with Crippen molar-refractivity contribution < 1.29 is 4.79 Å². The number of benzene rings is 2. The van der Waals surface area contributed by atoms with Crippen LogP contribution in [0.3, 0.4) is 0 Å². The Kier molecular flexibility index (Phi) is 5.33. The second kappa shape index (κ2) is 7.49. The van der Waals surface area contributed by atoms with Gasteiger partial charge in [-0.15, -0.1) is 0 Å². The van der Waals surface area contributed by atoms with Gasteiger partial charge in [0.2, 0.25) is 5.91 Å². The SMILES string of the molecule is Cc1ccc(CC(=O)N2CCN(c3cc(Cl)ccc3C)CC2)c(C)c1. The molecule has 0 unspecified atom stereocenters. The monoisotopic (exact) mass is 356 g/mol. The van der Waals surface area contributed by atoms with Crippen LogP contribution < -0.4 is 4.90 Å². The van der Waals surface area contributed by atoms with E-state index in [1.54, 1.807) is 0 Å². The quantitative estimate of drug-likeness (QED) is 0.824. The van der Waals surface area contributed by atoms with Crippen molar-refractivity contribution in [3.05, 3.63) is 63.7 Å².